The maximum absolute atomic E-state index is 13.3. The van der Waals surface area contributed by atoms with Crippen LogP contribution in [0.15, 0.2) is 53.3 Å². The summed E-state index contributed by atoms with van der Waals surface area (Å²) in [5, 5.41) is 11.8. The summed E-state index contributed by atoms with van der Waals surface area (Å²) < 4.78 is 7.71. The topological polar surface area (TPSA) is 96.9 Å². The van der Waals surface area contributed by atoms with Gasteiger partial charge in [-0.2, -0.15) is 5.10 Å². The van der Waals surface area contributed by atoms with Crippen LogP contribution < -0.4 is 20.9 Å². The van der Waals surface area contributed by atoms with Gasteiger partial charge in [0.05, 0.1) is 23.6 Å². The fraction of sp³-hybridized carbons (Fsp3) is 0.370. The molecular weight excluding hydrogens is 440 g/mol. The molecule has 182 valence electrons. The Balaban J connectivity index is 1.59. The highest BCUT2D eigenvalue weighted by Gasteiger charge is 2.27. The number of hydrogen-bond donors (Lipinski definition) is 3. The SMILES string of the molecule is CCNC1CCNCC1c1ccc(-c2nc3c(C)nn(-c4ccccc4)c3c(=O)[nH]2)c(OCC)c1. The van der Waals surface area contributed by atoms with E-state index in [0.29, 0.717) is 41.1 Å². The van der Waals surface area contributed by atoms with E-state index >= 15 is 0 Å². The molecule has 2 aromatic carbocycles. The number of aromatic amines is 1. The summed E-state index contributed by atoms with van der Waals surface area (Å²) in [6, 6.07) is 16.3. The lowest BCUT2D eigenvalue weighted by molar-refractivity contribution is 0.334. The maximum atomic E-state index is 13.3. The molecular formula is C27H32N6O2. The first-order valence-electron chi connectivity index (χ1n) is 12.4. The van der Waals surface area contributed by atoms with E-state index in [1.807, 2.05) is 50.2 Å². The zero-order chi connectivity index (χ0) is 24.4. The highest BCUT2D eigenvalue weighted by molar-refractivity contribution is 5.81. The van der Waals surface area contributed by atoms with Crippen LogP contribution >= 0.6 is 0 Å². The summed E-state index contributed by atoms with van der Waals surface area (Å²) in [7, 11) is 0. The second kappa shape index (κ2) is 10.0. The molecule has 0 amide bonds. The van der Waals surface area contributed by atoms with Crippen LogP contribution in [0.3, 0.4) is 0 Å². The third kappa shape index (κ3) is 4.47. The van der Waals surface area contributed by atoms with Crippen LogP contribution in [0.5, 0.6) is 5.75 Å². The van der Waals surface area contributed by atoms with Crippen LogP contribution in [-0.2, 0) is 0 Å². The number of nitrogens with zero attached hydrogens (tertiary/aromatic N) is 3. The Morgan fingerprint density at radius 1 is 1.17 bits per heavy atom. The Hall–Kier alpha value is -3.49. The van der Waals surface area contributed by atoms with Gasteiger partial charge < -0.3 is 20.4 Å². The van der Waals surface area contributed by atoms with Crippen LogP contribution in [0.2, 0.25) is 0 Å². The molecule has 2 atom stereocenters. The van der Waals surface area contributed by atoms with E-state index in [2.05, 4.69) is 39.8 Å². The van der Waals surface area contributed by atoms with Crippen molar-refractivity contribution in [3.63, 3.8) is 0 Å². The van der Waals surface area contributed by atoms with Crippen LogP contribution in [0, 0.1) is 6.92 Å². The number of hydrogen-bond acceptors (Lipinski definition) is 6. The van der Waals surface area contributed by atoms with E-state index in [1.54, 1.807) is 4.68 Å². The number of likely N-dealkylation sites (N-methyl/N-ethyl adjacent to an activating group) is 1. The number of benzene rings is 2. The van der Waals surface area contributed by atoms with E-state index in [4.69, 9.17) is 9.72 Å². The molecule has 1 fully saturated rings. The number of para-hydroxylation sites is 1. The summed E-state index contributed by atoms with van der Waals surface area (Å²) in [4.78, 5) is 21.1. The number of piperidine rings is 1. The molecule has 1 aliphatic rings. The van der Waals surface area contributed by atoms with Gasteiger partial charge in [-0.15, -0.1) is 0 Å². The van der Waals surface area contributed by atoms with Gasteiger partial charge in [0.15, 0.2) is 5.52 Å². The summed E-state index contributed by atoms with van der Waals surface area (Å²) in [5.74, 6) is 1.55. The third-order valence-corrected chi connectivity index (χ3v) is 6.64. The van der Waals surface area contributed by atoms with Gasteiger partial charge in [0.25, 0.3) is 5.56 Å². The smallest absolute Gasteiger partial charge is 0.277 e. The van der Waals surface area contributed by atoms with Crippen molar-refractivity contribution in [2.24, 2.45) is 0 Å². The molecule has 2 unspecified atom stereocenters. The molecule has 0 saturated carbocycles. The Morgan fingerprint density at radius 3 is 2.77 bits per heavy atom. The third-order valence-electron chi connectivity index (χ3n) is 6.64. The second-order valence-electron chi connectivity index (χ2n) is 8.90. The number of fused-ring (bicyclic) bond motifs is 1. The first-order valence-corrected chi connectivity index (χ1v) is 12.4. The molecule has 5 rings (SSSR count). The Bertz CT molecular complexity index is 1380. The van der Waals surface area contributed by atoms with Gasteiger partial charge >= 0.3 is 0 Å². The largest absolute Gasteiger partial charge is 0.493 e. The van der Waals surface area contributed by atoms with Gasteiger partial charge in [0, 0.05) is 18.5 Å². The Kier molecular flexibility index (Phi) is 6.66. The van der Waals surface area contributed by atoms with Crippen molar-refractivity contribution in [1.82, 2.24) is 30.4 Å². The molecule has 8 heteroatoms. The average Bonchev–Trinajstić information content (AvgIpc) is 3.22. The maximum Gasteiger partial charge on any atom is 0.277 e. The lowest BCUT2D eigenvalue weighted by atomic mass is 9.86. The number of H-pyrrole nitrogens is 1. The molecule has 1 aliphatic heterocycles. The minimum Gasteiger partial charge on any atom is -0.493 e. The number of aromatic nitrogens is 4. The van der Waals surface area contributed by atoms with E-state index < -0.39 is 0 Å². The minimum atomic E-state index is -0.232. The van der Waals surface area contributed by atoms with Crippen molar-refractivity contribution in [1.29, 1.82) is 0 Å². The van der Waals surface area contributed by atoms with Crippen molar-refractivity contribution in [2.75, 3.05) is 26.2 Å². The molecule has 0 aliphatic carbocycles. The number of aryl methyl sites for hydroxylation is 1. The zero-order valence-electron chi connectivity index (χ0n) is 20.5. The fourth-order valence-electron chi connectivity index (χ4n) is 5.00. The molecule has 0 spiro atoms. The van der Waals surface area contributed by atoms with Crippen LogP contribution in [0.25, 0.3) is 28.1 Å². The second-order valence-corrected chi connectivity index (χ2v) is 8.90. The molecule has 1 saturated heterocycles. The van der Waals surface area contributed by atoms with Crippen LogP contribution in [0.1, 0.15) is 37.4 Å². The highest BCUT2D eigenvalue weighted by Crippen LogP contribution is 2.34. The van der Waals surface area contributed by atoms with Crippen molar-refractivity contribution in [3.05, 3.63) is 70.1 Å². The van der Waals surface area contributed by atoms with Crippen molar-refractivity contribution >= 4 is 11.0 Å². The lowest BCUT2D eigenvalue weighted by Gasteiger charge is -2.33. The average molecular weight is 473 g/mol. The van der Waals surface area contributed by atoms with E-state index in [9.17, 15) is 4.79 Å². The van der Waals surface area contributed by atoms with Gasteiger partial charge in [0.1, 0.15) is 17.1 Å². The molecule has 3 N–H and O–H groups in total. The summed E-state index contributed by atoms with van der Waals surface area (Å²) >= 11 is 0. The van der Waals surface area contributed by atoms with Crippen molar-refractivity contribution in [2.45, 2.75) is 39.2 Å². The molecule has 35 heavy (non-hydrogen) atoms. The van der Waals surface area contributed by atoms with Gasteiger partial charge in [0.2, 0.25) is 0 Å². The number of nitrogens with one attached hydrogen (secondary N) is 3. The predicted octanol–water partition coefficient (Wildman–Crippen LogP) is 3.54. The normalized spacial score (nSPS) is 18.1. The molecule has 8 nitrogen and oxygen atoms in total. The van der Waals surface area contributed by atoms with Crippen LogP contribution in [-0.4, -0.2) is 52.0 Å². The molecule has 0 bridgehead atoms. The standard InChI is InChI=1S/C27H32N6O2/c1-4-29-22-13-14-28-16-21(22)18-11-12-20(23(15-18)35-5-2)26-30-24-17(3)32-33(25(24)27(34)31-26)19-9-7-6-8-10-19/h6-12,15,21-22,28-29H,4-5,13-14,16H2,1-3H3,(H,30,31,34). The van der Waals surface area contributed by atoms with Gasteiger partial charge in [-0.05, 0) is 63.2 Å². The van der Waals surface area contributed by atoms with E-state index in [-0.39, 0.29) is 5.56 Å². The quantitative estimate of drug-likeness (QED) is 0.381. The summed E-state index contributed by atoms with van der Waals surface area (Å²) in [6.45, 7) is 9.39. The van der Waals surface area contributed by atoms with Crippen molar-refractivity contribution in [3.8, 4) is 22.8 Å². The Morgan fingerprint density at radius 2 is 2.00 bits per heavy atom. The zero-order valence-corrected chi connectivity index (χ0v) is 20.5. The van der Waals surface area contributed by atoms with Gasteiger partial charge in [-0.25, -0.2) is 9.67 Å². The van der Waals surface area contributed by atoms with Gasteiger partial charge in [-0.3, -0.25) is 4.79 Å². The van der Waals surface area contributed by atoms with Crippen LogP contribution in [0.4, 0.5) is 0 Å². The molecule has 3 heterocycles. The molecule has 4 aromatic rings. The van der Waals surface area contributed by atoms with E-state index in [1.165, 1.54) is 5.56 Å². The lowest BCUT2D eigenvalue weighted by Crippen LogP contribution is -2.46. The Labute approximate surface area is 204 Å². The molecule has 0 radical (unpaired) electrons. The summed E-state index contributed by atoms with van der Waals surface area (Å²) in [5.41, 5.74) is 4.30. The van der Waals surface area contributed by atoms with Crippen molar-refractivity contribution < 1.29 is 4.74 Å². The number of rotatable bonds is 7. The first-order chi connectivity index (χ1) is 17.1. The molecule has 2 aromatic heterocycles. The highest BCUT2D eigenvalue weighted by atomic mass is 16.5. The first kappa shape index (κ1) is 23.3. The predicted molar refractivity (Wildman–Crippen MR) is 139 cm³/mol. The summed E-state index contributed by atoms with van der Waals surface area (Å²) in [6.07, 6.45) is 1.08. The van der Waals surface area contributed by atoms with E-state index in [0.717, 1.165) is 43.1 Å². The number of ether oxygens (including phenoxy) is 1. The fourth-order valence-corrected chi connectivity index (χ4v) is 5.00. The monoisotopic (exact) mass is 472 g/mol. The van der Waals surface area contributed by atoms with Gasteiger partial charge in [-0.1, -0.05) is 31.2 Å². The minimum absolute atomic E-state index is 0.232.